The Labute approximate surface area is 65.7 Å². The summed E-state index contributed by atoms with van der Waals surface area (Å²) in [6.45, 7) is 2.80. The van der Waals surface area contributed by atoms with Crippen LogP contribution in [0.2, 0.25) is 0 Å². The average molecular weight is 156 g/mol. The molecule has 0 atom stereocenters. The van der Waals surface area contributed by atoms with E-state index in [1.807, 2.05) is 0 Å². The second-order valence-electron chi connectivity index (χ2n) is 2.45. The van der Waals surface area contributed by atoms with Crippen molar-refractivity contribution in [3.8, 4) is 0 Å². The first-order valence-corrected chi connectivity index (χ1v) is 3.42. The number of carbonyl (C=O) groups excluding carboxylic acids is 2. The van der Waals surface area contributed by atoms with E-state index in [2.05, 4.69) is 0 Å². The summed E-state index contributed by atoms with van der Waals surface area (Å²) < 4.78 is 0. The van der Waals surface area contributed by atoms with Gasteiger partial charge in [0.1, 0.15) is 5.78 Å². The molecule has 0 rings (SSSR count). The first-order valence-electron chi connectivity index (χ1n) is 3.42. The maximum atomic E-state index is 10.4. The van der Waals surface area contributed by atoms with Gasteiger partial charge >= 0.3 is 0 Å². The molecule has 0 amide bonds. The molecule has 0 fully saturated rings. The van der Waals surface area contributed by atoms with E-state index in [0.717, 1.165) is 6.08 Å². The third-order valence-electron chi connectivity index (χ3n) is 1.10. The van der Waals surface area contributed by atoms with Gasteiger partial charge in [-0.3, -0.25) is 4.79 Å². The fourth-order valence-corrected chi connectivity index (χ4v) is 0.611. The summed E-state index contributed by atoms with van der Waals surface area (Å²) in [5.41, 5.74) is 0. The third-order valence-corrected chi connectivity index (χ3v) is 1.10. The molecule has 0 aliphatic heterocycles. The molecule has 0 bridgehead atoms. The topological polar surface area (TPSA) is 54.4 Å². The van der Waals surface area contributed by atoms with Gasteiger partial charge < -0.3 is 9.90 Å². The number of hydrogen-bond acceptors (Lipinski definition) is 3. The maximum absolute atomic E-state index is 10.4. The summed E-state index contributed by atoms with van der Waals surface area (Å²) in [6, 6.07) is 0. The van der Waals surface area contributed by atoms with E-state index in [0.29, 0.717) is 0 Å². The van der Waals surface area contributed by atoms with E-state index in [9.17, 15) is 9.59 Å². The monoisotopic (exact) mass is 156 g/mol. The minimum atomic E-state index is -0.203. The van der Waals surface area contributed by atoms with Crippen LogP contribution in [0.4, 0.5) is 0 Å². The van der Waals surface area contributed by atoms with E-state index in [4.69, 9.17) is 5.11 Å². The molecule has 62 valence electrons. The van der Waals surface area contributed by atoms with Crippen molar-refractivity contribution in [2.45, 2.75) is 26.7 Å². The van der Waals surface area contributed by atoms with Crippen LogP contribution in [0.15, 0.2) is 11.8 Å². The predicted octanol–water partition coefficient (Wildman–Crippen LogP) is 1.39. The summed E-state index contributed by atoms with van der Waals surface area (Å²) in [4.78, 5) is 20.8. The van der Waals surface area contributed by atoms with Crippen LogP contribution in [0, 0.1) is 0 Å². The lowest BCUT2D eigenvalue weighted by Crippen LogP contribution is -1.93. The summed E-state index contributed by atoms with van der Waals surface area (Å²) >= 11 is 0. The van der Waals surface area contributed by atoms with Crippen LogP contribution in [-0.4, -0.2) is 16.7 Å². The lowest BCUT2D eigenvalue weighted by molar-refractivity contribution is -0.117. The van der Waals surface area contributed by atoms with Crippen LogP contribution >= 0.6 is 0 Å². The van der Waals surface area contributed by atoms with Crippen molar-refractivity contribution in [2.75, 3.05) is 0 Å². The Morgan fingerprint density at radius 1 is 1.27 bits per heavy atom. The zero-order valence-electron chi connectivity index (χ0n) is 6.76. The third kappa shape index (κ3) is 6.77. The lowest BCUT2D eigenvalue weighted by atomic mass is 10.2. The Morgan fingerprint density at radius 3 is 2.18 bits per heavy atom. The molecule has 11 heavy (non-hydrogen) atoms. The van der Waals surface area contributed by atoms with Gasteiger partial charge in [-0.25, -0.2) is 0 Å². The average Bonchev–Trinajstić information content (AvgIpc) is 1.82. The molecule has 0 heterocycles. The summed E-state index contributed by atoms with van der Waals surface area (Å²) in [5.74, 6) is -0.216. The normalized spacial score (nSPS) is 11.3. The molecular weight excluding hydrogens is 144 g/mol. The standard InChI is InChI=1S/C8H12O3/c1-6(9)3-4-8(11)5-7(2)10/h5,11H,3-4H2,1-2H3. The fourth-order valence-electron chi connectivity index (χ4n) is 0.611. The summed E-state index contributed by atoms with van der Waals surface area (Å²) in [6.07, 6.45) is 1.67. The van der Waals surface area contributed by atoms with Crippen molar-refractivity contribution in [3.63, 3.8) is 0 Å². The van der Waals surface area contributed by atoms with Crippen LogP contribution < -0.4 is 0 Å². The van der Waals surface area contributed by atoms with Crippen LogP contribution in [0.5, 0.6) is 0 Å². The fraction of sp³-hybridized carbons (Fsp3) is 0.500. The van der Waals surface area contributed by atoms with Gasteiger partial charge in [0.2, 0.25) is 0 Å². The van der Waals surface area contributed by atoms with Crippen molar-refractivity contribution < 1.29 is 14.7 Å². The Bertz CT molecular complexity index is 192. The molecule has 0 aromatic heterocycles. The molecule has 3 nitrogen and oxygen atoms in total. The number of rotatable bonds is 4. The van der Waals surface area contributed by atoms with Crippen molar-refractivity contribution in [1.29, 1.82) is 0 Å². The zero-order valence-corrected chi connectivity index (χ0v) is 6.76. The van der Waals surface area contributed by atoms with E-state index in [-0.39, 0.29) is 30.2 Å². The van der Waals surface area contributed by atoms with Gasteiger partial charge in [0.25, 0.3) is 0 Å². The smallest absolute Gasteiger partial charge is 0.155 e. The second-order valence-corrected chi connectivity index (χ2v) is 2.45. The second kappa shape index (κ2) is 4.66. The van der Waals surface area contributed by atoms with Gasteiger partial charge in [-0.2, -0.15) is 0 Å². The number of allylic oxidation sites excluding steroid dienone is 2. The maximum Gasteiger partial charge on any atom is 0.155 e. The molecule has 0 aromatic rings. The van der Waals surface area contributed by atoms with Gasteiger partial charge in [0.15, 0.2) is 5.78 Å². The molecule has 0 saturated carbocycles. The first-order chi connectivity index (χ1) is 5.02. The molecule has 0 radical (unpaired) electrons. The van der Waals surface area contributed by atoms with Crippen LogP contribution in [0.3, 0.4) is 0 Å². The summed E-state index contributed by atoms with van der Waals surface area (Å²) in [5, 5.41) is 8.96. The molecule has 0 aliphatic rings. The Morgan fingerprint density at radius 2 is 1.82 bits per heavy atom. The quantitative estimate of drug-likeness (QED) is 0.494. The molecule has 3 heteroatoms. The van der Waals surface area contributed by atoms with Crippen molar-refractivity contribution in [3.05, 3.63) is 11.8 Å². The van der Waals surface area contributed by atoms with E-state index in [1.54, 1.807) is 0 Å². The first kappa shape index (κ1) is 9.88. The van der Waals surface area contributed by atoms with Crippen molar-refractivity contribution in [2.24, 2.45) is 0 Å². The zero-order chi connectivity index (χ0) is 8.85. The van der Waals surface area contributed by atoms with E-state index in [1.165, 1.54) is 13.8 Å². The minimum absolute atomic E-state index is 0.00787. The van der Waals surface area contributed by atoms with Gasteiger partial charge in [-0.1, -0.05) is 0 Å². The molecule has 0 saturated heterocycles. The van der Waals surface area contributed by atoms with Gasteiger partial charge in [-0.15, -0.1) is 0 Å². The number of carbonyl (C=O) groups is 2. The lowest BCUT2D eigenvalue weighted by Gasteiger charge is -1.94. The molecule has 0 unspecified atom stereocenters. The van der Waals surface area contributed by atoms with Crippen LogP contribution in [-0.2, 0) is 9.59 Å². The molecule has 0 spiro atoms. The number of ketones is 2. The van der Waals surface area contributed by atoms with Gasteiger partial charge in [-0.05, 0) is 13.8 Å². The highest BCUT2D eigenvalue weighted by Crippen LogP contribution is 2.00. The highest BCUT2D eigenvalue weighted by molar-refractivity contribution is 5.87. The van der Waals surface area contributed by atoms with Crippen LogP contribution in [0.1, 0.15) is 26.7 Å². The van der Waals surface area contributed by atoms with Crippen molar-refractivity contribution >= 4 is 11.6 Å². The predicted molar refractivity (Wildman–Crippen MR) is 41.3 cm³/mol. The molecule has 1 N–H and O–H groups in total. The Balaban J connectivity index is 3.77. The van der Waals surface area contributed by atoms with Crippen LogP contribution in [0.25, 0.3) is 0 Å². The Hall–Kier alpha value is -1.12. The Kier molecular flexibility index (Phi) is 4.18. The van der Waals surface area contributed by atoms with Crippen molar-refractivity contribution in [1.82, 2.24) is 0 Å². The summed E-state index contributed by atoms with van der Waals surface area (Å²) in [7, 11) is 0. The van der Waals surface area contributed by atoms with E-state index < -0.39 is 0 Å². The highest BCUT2D eigenvalue weighted by atomic mass is 16.3. The largest absolute Gasteiger partial charge is 0.512 e. The van der Waals surface area contributed by atoms with E-state index >= 15 is 0 Å². The molecular formula is C8H12O3. The van der Waals surface area contributed by atoms with Gasteiger partial charge in [0.05, 0.1) is 5.76 Å². The number of hydrogen-bond donors (Lipinski definition) is 1. The molecule has 0 aliphatic carbocycles. The number of aliphatic hydroxyl groups excluding tert-OH is 1. The molecule has 0 aromatic carbocycles. The highest BCUT2D eigenvalue weighted by Gasteiger charge is 1.98. The number of Topliss-reactive ketones (excluding diaryl/α,β-unsaturated/α-hetero) is 1. The number of aliphatic hydroxyl groups is 1. The van der Waals surface area contributed by atoms with Gasteiger partial charge in [0, 0.05) is 18.9 Å². The minimum Gasteiger partial charge on any atom is -0.512 e. The SMILES string of the molecule is CC(=O)C=C(O)CCC(C)=O.